The van der Waals surface area contributed by atoms with Gasteiger partial charge in [0.15, 0.2) is 6.61 Å². The number of halogens is 1. The molecule has 1 saturated heterocycles. The second-order valence-electron chi connectivity index (χ2n) is 5.17. The number of amides is 1. The van der Waals surface area contributed by atoms with Crippen LogP contribution in [-0.2, 0) is 14.3 Å². The Hall–Kier alpha value is -1.75. The Balaban J connectivity index is 1.83. The van der Waals surface area contributed by atoms with Crippen molar-refractivity contribution in [3.05, 3.63) is 29.3 Å². The minimum atomic E-state index is -0.229. The number of hydrogen-bond donors (Lipinski definition) is 0. The highest BCUT2D eigenvalue weighted by Crippen LogP contribution is 2.19. The molecule has 0 aliphatic carbocycles. The summed E-state index contributed by atoms with van der Waals surface area (Å²) >= 11 is 5.79. The first-order chi connectivity index (χ1) is 10.6. The van der Waals surface area contributed by atoms with Gasteiger partial charge in [0.05, 0.1) is 12.5 Å². The summed E-state index contributed by atoms with van der Waals surface area (Å²) in [6.45, 7) is 3.16. The zero-order valence-corrected chi connectivity index (χ0v) is 13.3. The number of esters is 1. The smallest absolute Gasteiger partial charge is 0.310 e. The largest absolute Gasteiger partial charge is 0.484 e. The van der Waals surface area contributed by atoms with Crippen molar-refractivity contribution in [1.82, 2.24) is 4.90 Å². The van der Waals surface area contributed by atoms with Crippen molar-refractivity contribution in [2.45, 2.75) is 19.8 Å². The SMILES string of the molecule is CCOC(=O)[C@@H]1CCCN(C(=O)COc2ccc(Cl)cc2)C1. The molecule has 0 spiro atoms. The van der Waals surface area contributed by atoms with Crippen LogP contribution in [-0.4, -0.2) is 43.1 Å². The number of benzene rings is 1. The van der Waals surface area contributed by atoms with Gasteiger partial charge >= 0.3 is 5.97 Å². The molecule has 0 radical (unpaired) electrons. The number of likely N-dealkylation sites (tertiary alicyclic amines) is 1. The Morgan fingerprint density at radius 3 is 2.73 bits per heavy atom. The van der Waals surface area contributed by atoms with Gasteiger partial charge in [-0.2, -0.15) is 0 Å². The van der Waals surface area contributed by atoms with Crippen LogP contribution in [0.2, 0.25) is 5.02 Å². The fourth-order valence-electron chi connectivity index (χ4n) is 2.42. The third kappa shape index (κ3) is 4.63. The van der Waals surface area contributed by atoms with Crippen LogP contribution < -0.4 is 4.74 Å². The Bertz CT molecular complexity index is 517. The predicted molar refractivity (Wildman–Crippen MR) is 82.9 cm³/mol. The number of ether oxygens (including phenoxy) is 2. The second-order valence-corrected chi connectivity index (χ2v) is 5.61. The summed E-state index contributed by atoms with van der Waals surface area (Å²) in [7, 11) is 0. The van der Waals surface area contributed by atoms with Crippen molar-refractivity contribution in [2.24, 2.45) is 5.92 Å². The summed E-state index contributed by atoms with van der Waals surface area (Å²) in [4.78, 5) is 25.6. The van der Waals surface area contributed by atoms with E-state index in [1.807, 2.05) is 0 Å². The van der Waals surface area contributed by atoms with Gasteiger partial charge in [-0.25, -0.2) is 0 Å². The van der Waals surface area contributed by atoms with Crippen molar-refractivity contribution < 1.29 is 19.1 Å². The molecule has 1 amide bonds. The van der Waals surface area contributed by atoms with E-state index in [1.165, 1.54) is 0 Å². The summed E-state index contributed by atoms with van der Waals surface area (Å²) in [5.74, 6) is 0.0208. The van der Waals surface area contributed by atoms with Gasteiger partial charge in [0.1, 0.15) is 5.75 Å². The number of rotatable bonds is 5. The summed E-state index contributed by atoms with van der Waals surface area (Å²) in [6.07, 6.45) is 1.57. The van der Waals surface area contributed by atoms with Crippen LogP contribution in [0.3, 0.4) is 0 Å². The second kappa shape index (κ2) is 8.03. The van der Waals surface area contributed by atoms with Crippen LogP contribution in [0.15, 0.2) is 24.3 Å². The third-order valence-electron chi connectivity index (χ3n) is 3.57. The van der Waals surface area contributed by atoms with Gasteiger partial charge in [-0.1, -0.05) is 11.6 Å². The number of hydrogen-bond acceptors (Lipinski definition) is 4. The van der Waals surface area contributed by atoms with Gasteiger partial charge in [0, 0.05) is 18.1 Å². The number of carbonyl (C=O) groups is 2. The highest BCUT2D eigenvalue weighted by Gasteiger charge is 2.29. The van der Waals surface area contributed by atoms with E-state index in [0.717, 1.165) is 12.8 Å². The lowest BCUT2D eigenvalue weighted by atomic mass is 9.98. The van der Waals surface area contributed by atoms with E-state index in [9.17, 15) is 9.59 Å². The van der Waals surface area contributed by atoms with E-state index in [4.69, 9.17) is 21.1 Å². The zero-order valence-electron chi connectivity index (χ0n) is 12.6. The predicted octanol–water partition coefficient (Wildman–Crippen LogP) is 2.52. The van der Waals surface area contributed by atoms with Crippen molar-refractivity contribution in [3.8, 4) is 5.75 Å². The van der Waals surface area contributed by atoms with Gasteiger partial charge in [-0.05, 0) is 44.0 Å². The van der Waals surface area contributed by atoms with Crippen LogP contribution in [0, 0.1) is 5.92 Å². The maximum absolute atomic E-state index is 12.2. The summed E-state index contributed by atoms with van der Waals surface area (Å²) in [5, 5.41) is 0.618. The molecule has 1 aliphatic heterocycles. The van der Waals surface area contributed by atoms with Gasteiger partial charge in [-0.15, -0.1) is 0 Å². The molecule has 120 valence electrons. The van der Waals surface area contributed by atoms with E-state index >= 15 is 0 Å². The fourth-order valence-corrected chi connectivity index (χ4v) is 2.55. The van der Waals surface area contributed by atoms with E-state index < -0.39 is 0 Å². The molecule has 1 fully saturated rings. The van der Waals surface area contributed by atoms with Crippen molar-refractivity contribution >= 4 is 23.5 Å². The van der Waals surface area contributed by atoms with Crippen LogP contribution in [0.25, 0.3) is 0 Å². The minimum Gasteiger partial charge on any atom is -0.484 e. The highest BCUT2D eigenvalue weighted by atomic mass is 35.5. The Morgan fingerprint density at radius 2 is 2.05 bits per heavy atom. The highest BCUT2D eigenvalue weighted by molar-refractivity contribution is 6.30. The lowest BCUT2D eigenvalue weighted by molar-refractivity contribution is -0.151. The monoisotopic (exact) mass is 325 g/mol. The lowest BCUT2D eigenvalue weighted by Crippen LogP contribution is -2.44. The zero-order chi connectivity index (χ0) is 15.9. The third-order valence-corrected chi connectivity index (χ3v) is 3.82. The average molecular weight is 326 g/mol. The van der Waals surface area contributed by atoms with E-state index in [0.29, 0.717) is 30.5 Å². The minimum absolute atomic E-state index is 0.0445. The molecule has 0 saturated carbocycles. The molecule has 1 aliphatic rings. The number of carbonyl (C=O) groups excluding carboxylic acids is 2. The normalized spacial score (nSPS) is 17.9. The summed E-state index contributed by atoms with van der Waals surface area (Å²) in [5.41, 5.74) is 0. The molecule has 1 aromatic carbocycles. The van der Waals surface area contributed by atoms with Crippen molar-refractivity contribution in [1.29, 1.82) is 0 Å². The molecule has 2 rings (SSSR count). The molecule has 5 nitrogen and oxygen atoms in total. The average Bonchev–Trinajstić information content (AvgIpc) is 2.54. The standard InChI is InChI=1S/C16H20ClNO4/c1-2-21-16(20)12-4-3-9-18(10-12)15(19)11-22-14-7-5-13(17)6-8-14/h5-8,12H,2-4,9-11H2,1H3/t12-/m1/s1. The number of piperidine rings is 1. The van der Waals surface area contributed by atoms with Gasteiger partial charge in [0.2, 0.25) is 0 Å². The Morgan fingerprint density at radius 1 is 1.32 bits per heavy atom. The van der Waals surface area contributed by atoms with Gasteiger partial charge in [-0.3, -0.25) is 9.59 Å². The van der Waals surface area contributed by atoms with Crippen LogP contribution in [0.5, 0.6) is 5.75 Å². The van der Waals surface area contributed by atoms with Gasteiger partial charge in [0.25, 0.3) is 5.91 Å². The topological polar surface area (TPSA) is 55.8 Å². The Kier molecular flexibility index (Phi) is 6.07. The maximum Gasteiger partial charge on any atom is 0.310 e. The molecule has 1 atom stereocenters. The molecule has 1 aromatic rings. The first-order valence-electron chi connectivity index (χ1n) is 7.43. The molecule has 6 heteroatoms. The van der Waals surface area contributed by atoms with Crippen LogP contribution >= 0.6 is 11.6 Å². The van der Waals surface area contributed by atoms with E-state index in [1.54, 1.807) is 36.1 Å². The quantitative estimate of drug-likeness (QED) is 0.781. The summed E-state index contributed by atoms with van der Waals surface area (Å²) in [6, 6.07) is 6.85. The molecule has 22 heavy (non-hydrogen) atoms. The molecule has 0 N–H and O–H groups in total. The first kappa shape index (κ1) is 16.6. The van der Waals surface area contributed by atoms with Crippen molar-refractivity contribution in [3.63, 3.8) is 0 Å². The van der Waals surface area contributed by atoms with E-state index in [2.05, 4.69) is 0 Å². The lowest BCUT2D eigenvalue weighted by Gasteiger charge is -2.31. The molecule has 0 aromatic heterocycles. The molecule has 0 unspecified atom stereocenters. The fraction of sp³-hybridized carbons (Fsp3) is 0.500. The molecule has 1 heterocycles. The van der Waals surface area contributed by atoms with Crippen LogP contribution in [0.1, 0.15) is 19.8 Å². The maximum atomic E-state index is 12.2. The number of nitrogens with zero attached hydrogens (tertiary/aromatic N) is 1. The molecule has 0 bridgehead atoms. The molecular formula is C16H20ClNO4. The van der Waals surface area contributed by atoms with E-state index in [-0.39, 0.29) is 24.4 Å². The summed E-state index contributed by atoms with van der Waals surface area (Å²) < 4.78 is 10.5. The molecular weight excluding hydrogens is 306 g/mol. The van der Waals surface area contributed by atoms with Gasteiger partial charge < -0.3 is 14.4 Å². The van der Waals surface area contributed by atoms with Crippen LogP contribution in [0.4, 0.5) is 0 Å². The van der Waals surface area contributed by atoms with Crippen molar-refractivity contribution in [2.75, 3.05) is 26.3 Å². The first-order valence-corrected chi connectivity index (χ1v) is 7.80. The Labute approximate surface area is 135 Å².